The first-order valence-corrected chi connectivity index (χ1v) is 10.1. The fourth-order valence-corrected chi connectivity index (χ4v) is 2.43. The molecule has 0 unspecified atom stereocenters. The van der Waals surface area contributed by atoms with Crippen LogP contribution in [0.4, 0.5) is 62.3 Å². The molecule has 224 valence electrons. The Bertz CT molecular complexity index is 1350. The number of ether oxygens (including phenoxy) is 3. The summed E-state index contributed by atoms with van der Waals surface area (Å²) in [6.07, 6.45) is 0. The lowest BCUT2D eigenvalue weighted by Gasteiger charge is -2.07. The third-order valence-electron chi connectivity index (χ3n) is 4.02. The van der Waals surface area contributed by atoms with E-state index in [1.807, 2.05) is 0 Å². The van der Waals surface area contributed by atoms with Gasteiger partial charge in [0.15, 0.2) is 11.5 Å². The lowest BCUT2D eigenvalue weighted by atomic mass is 10.2. The van der Waals surface area contributed by atoms with Crippen molar-refractivity contribution in [3.63, 3.8) is 0 Å². The molecule has 0 heterocycles. The lowest BCUT2D eigenvalue weighted by Crippen LogP contribution is -2.05. The summed E-state index contributed by atoms with van der Waals surface area (Å²) in [5.74, 6) is -4.60. The van der Waals surface area contributed by atoms with E-state index in [0.29, 0.717) is 18.2 Å². The van der Waals surface area contributed by atoms with Crippen molar-refractivity contribution < 1.29 is 63.6 Å². The summed E-state index contributed by atoms with van der Waals surface area (Å²) in [6.45, 7) is -9.39. The average molecular weight is 606 g/mol. The van der Waals surface area contributed by atoms with Crippen molar-refractivity contribution >= 4 is 22.7 Å². The number of hydrogen-bond donors (Lipinski definition) is 2. The van der Waals surface area contributed by atoms with Crippen LogP contribution in [0.3, 0.4) is 0 Å². The molecular formula is C21H15F9N4O7. The van der Waals surface area contributed by atoms with Gasteiger partial charge in [-0.05, 0) is 18.2 Å². The first-order valence-electron chi connectivity index (χ1n) is 10.1. The summed E-state index contributed by atoms with van der Waals surface area (Å²) >= 11 is 0. The minimum Gasteiger partial charge on any atom is -0.433 e. The molecule has 0 aromatic heterocycles. The molecule has 0 amide bonds. The van der Waals surface area contributed by atoms with Crippen molar-refractivity contribution in [1.82, 2.24) is 0 Å². The number of nitro benzene ring substituents is 2. The Morgan fingerprint density at radius 1 is 0.585 bits per heavy atom. The Morgan fingerprint density at radius 2 is 1.00 bits per heavy atom. The van der Waals surface area contributed by atoms with Crippen molar-refractivity contribution in [3.05, 3.63) is 86.2 Å². The van der Waals surface area contributed by atoms with Gasteiger partial charge >= 0.3 is 31.2 Å². The van der Waals surface area contributed by atoms with Crippen molar-refractivity contribution in [2.45, 2.75) is 19.8 Å². The van der Waals surface area contributed by atoms with Crippen molar-refractivity contribution in [2.24, 2.45) is 0 Å². The van der Waals surface area contributed by atoms with Gasteiger partial charge in [-0.2, -0.15) is 30.7 Å². The third-order valence-corrected chi connectivity index (χ3v) is 4.02. The molecule has 0 aliphatic carbocycles. The molecule has 4 N–H and O–H groups in total. The molecule has 20 heteroatoms. The molecule has 0 saturated carbocycles. The molecule has 0 fully saturated rings. The highest BCUT2D eigenvalue weighted by atomic mass is 19.3. The number of nitrogen functional groups attached to an aromatic ring is 2. The van der Waals surface area contributed by atoms with E-state index in [1.54, 1.807) is 0 Å². The van der Waals surface area contributed by atoms with Gasteiger partial charge in [-0.1, -0.05) is 0 Å². The molecule has 0 saturated heterocycles. The van der Waals surface area contributed by atoms with Crippen LogP contribution in [0.15, 0.2) is 48.5 Å². The van der Waals surface area contributed by atoms with Gasteiger partial charge in [-0.25, -0.2) is 8.78 Å². The van der Waals surface area contributed by atoms with Crippen LogP contribution in [-0.4, -0.2) is 29.7 Å². The van der Waals surface area contributed by atoms with Crippen LogP contribution in [0.1, 0.15) is 0 Å². The number of anilines is 2. The second-order valence-corrected chi connectivity index (χ2v) is 6.79. The largest absolute Gasteiger partial charge is 0.433 e. The molecule has 0 aliphatic heterocycles. The van der Waals surface area contributed by atoms with Gasteiger partial charge in [-0.15, -0.1) is 0 Å². The maximum atomic E-state index is 12.9. The number of hydrogen-bond acceptors (Lipinski definition) is 9. The molecule has 0 radical (unpaired) electrons. The maximum Gasteiger partial charge on any atom is 0.387 e. The van der Waals surface area contributed by atoms with Gasteiger partial charge < -0.3 is 25.7 Å². The van der Waals surface area contributed by atoms with Gasteiger partial charge in [0.25, 0.3) is 0 Å². The van der Waals surface area contributed by atoms with Crippen LogP contribution < -0.4 is 25.7 Å². The predicted molar refractivity (Wildman–Crippen MR) is 121 cm³/mol. The third kappa shape index (κ3) is 11.6. The second-order valence-electron chi connectivity index (χ2n) is 6.79. The molecular weight excluding hydrogens is 591 g/mol. The molecule has 3 aromatic rings. The van der Waals surface area contributed by atoms with Crippen LogP contribution in [0.2, 0.25) is 0 Å². The summed E-state index contributed by atoms with van der Waals surface area (Å²) in [5.41, 5.74) is 8.32. The van der Waals surface area contributed by atoms with Crippen molar-refractivity contribution in [2.75, 3.05) is 11.5 Å². The topological polar surface area (TPSA) is 166 Å². The lowest BCUT2D eigenvalue weighted by molar-refractivity contribution is -0.387. The van der Waals surface area contributed by atoms with Crippen LogP contribution in [-0.2, 0) is 0 Å². The Balaban J connectivity index is 0.000000309. The van der Waals surface area contributed by atoms with Crippen molar-refractivity contribution in [3.8, 4) is 17.2 Å². The minimum absolute atomic E-state index is 0.0169. The monoisotopic (exact) mass is 606 g/mol. The van der Waals surface area contributed by atoms with Crippen molar-refractivity contribution in [1.29, 1.82) is 0 Å². The van der Waals surface area contributed by atoms with Gasteiger partial charge in [0, 0.05) is 30.3 Å². The number of nitrogens with zero attached hydrogens (tertiary/aromatic N) is 2. The van der Waals surface area contributed by atoms with E-state index >= 15 is 0 Å². The zero-order chi connectivity index (χ0) is 31.4. The van der Waals surface area contributed by atoms with Gasteiger partial charge in [0.2, 0.25) is 11.6 Å². The Labute approximate surface area is 221 Å². The highest BCUT2D eigenvalue weighted by Crippen LogP contribution is 2.31. The fraction of sp³-hybridized carbons (Fsp3) is 0.143. The smallest absolute Gasteiger partial charge is 0.387 e. The minimum atomic E-state index is -3.23. The zero-order valence-electron chi connectivity index (χ0n) is 19.7. The molecule has 3 rings (SSSR count). The molecule has 0 spiro atoms. The molecule has 0 aliphatic rings. The summed E-state index contributed by atoms with van der Waals surface area (Å²) in [4.78, 5) is 18.6. The zero-order valence-corrected chi connectivity index (χ0v) is 19.7. The number of nitro groups is 2. The summed E-state index contributed by atoms with van der Waals surface area (Å²) in [7, 11) is 0. The van der Waals surface area contributed by atoms with Gasteiger partial charge in [0.05, 0.1) is 21.2 Å². The Hall–Kier alpha value is -5.17. The second kappa shape index (κ2) is 15.4. The summed E-state index contributed by atoms with van der Waals surface area (Å²) in [6, 6.07) is 6.17. The van der Waals surface area contributed by atoms with E-state index in [4.69, 9.17) is 11.5 Å². The first-order chi connectivity index (χ1) is 19.0. The number of nitrogens with two attached hydrogens (primary N) is 2. The first kappa shape index (κ1) is 33.9. The molecule has 0 bridgehead atoms. The maximum absolute atomic E-state index is 12.9. The highest BCUT2D eigenvalue weighted by molar-refractivity contribution is 5.59. The summed E-state index contributed by atoms with van der Waals surface area (Å²) < 4.78 is 120. The van der Waals surface area contributed by atoms with E-state index in [1.165, 1.54) is 0 Å². The molecule has 11 nitrogen and oxygen atoms in total. The van der Waals surface area contributed by atoms with Crippen LogP contribution in [0.5, 0.6) is 17.2 Å². The highest BCUT2D eigenvalue weighted by Gasteiger charge is 2.20. The SMILES string of the molecule is Nc1cc([N+](=O)[O-])c(F)cc1OC(F)F.Nc1ccc(F)cc1OC(F)F.O=[N+]([O-])c1ccc(F)cc1OC(F)F. The Kier molecular flexibility index (Phi) is 12.7. The van der Waals surface area contributed by atoms with Gasteiger partial charge in [0.1, 0.15) is 11.6 Å². The van der Waals surface area contributed by atoms with E-state index in [9.17, 15) is 59.7 Å². The van der Waals surface area contributed by atoms with E-state index in [2.05, 4.69) is 14.2 Å². The summed E-state index contributed by atoms with van der Waals surface area (Å²) in [5, 5.41) is 20.5. The van der Waals surface area contributed by atoms with Crippen LogP contribution in [0, 0.1) is 37.7 Å². The normalized spacial score (nSPS) is 10.3. The Morgan fingerprint density at radius 3 is 1.46 bits per heavy atom. The van der Waals surface area contributed by atoms with E-state index in [-0.39, 0.29) is 11.4 Å². The molecule has 3 aromatic carbocycles. The molecule has 41 heavy (non-hydrogen) atoms. The average Bonchev–Trinajstić information content (AvgIpc) is 2.83. The van der Waals surface area contributed by atoms with Crippen LogP contribution >= 0.6 is 0 Å². The number of benzene rings is 3. The van der Waals surface area contributed by atoms with Gasteiger partial charge in [-0.3, -0.25) is 20.2 Å². The number of alkyl halides is 6. The molecule has 0 atom stereocenters. The van der Waals surface area contributed by atoms with E-state index in [0.717, 1.165) is 30.3 Å². The standard InChI is InChI=1S/C7H5F3N2O3.C7H4F3NO3.C7H6F3NO/c8-3-1-6(15-7(9)10)4(11)2-5(3)12(13)14;8-4-1-2-5(11(12)13)6(3-4)14-7(9)10;8-4-1-2-5(11)6(3-4)12-7(9)10/h1-2,7H,11H2;1-3,7H;1-3,7H,11H2. The number of halogens is 9. The fourth-order valence-electron chi connectivity index (χ4n) is 2.43. The predicted octanol–water partition coefficient (Wildman–Crippen LogP) is 6.26. The number of rotatable bonds is 8. The quantitative estimate of drug-likeness (QED) is 0.130. The van der Waals surface area contributed by atoms with Crippen LogP contribution in [0.25, 0.3) is 0 Å². The van der Waals surface area contributed by atoms with E-state index < -0.39 is 75.7 Å².